The molecule has 1 aliphatic carbocycles. The predicted octanol–water partition coefficient (Wildman–Crippen LogP) is 2.97. The summed E-state index contributed by atoms with van der Waals surface area (Å²) >= 11 is 1.93. The summed E-state index contributed by atoms with van der Waals surface area (Å²) in [5, 5.41) is 0. The van der Waals surface area contributed by atoms with Gasteiger partial charge in [-0.3, -0.25) is 0 Å². The molecule has 0 fully saturated rings. The molecule has 0 N–H and O–H groups in total. The average molecular weight is 140 g/mol. The molecule has 0 aromatic heterocycles. The van der Waals surface area contributed by atoms with Gasteiger partial charge in [0.05, 0.1) is 0 Å². The molecule has 0 nitrogen and oxygen atoms in total. The molecule has 50 valence electrons. The minimum atomic E-state index is 1.19. The second-order valence-corrected chi connectivity index (χ2v) is 3.36. The molecule has 1 rings (SSSR count). The Bertz CT molecular complexity index is 134. The average Bonchev–Trinajstić information content (AvgIpc) is 1.91. The van der Waals surface area contributed by atoms with E-state index in [1.54, 1.807) is 0 Å². The van der Waals surface area contributed by atoms with Crippen LogP contribution in [0, 0.1) is 0 Å². The highest BCUT2D eigenvalue weighted by Crippen LogP contribution is 2.20. The molecule has 0 aromatic rings. The monoisotopic (exact) mass is 140 g/mol. The number of hydrogen-bond acceptors (Lipinski definition) is 1. The first kappa shape index (κ1) is 6.94. The van der Waals surface area contributed by atoms with Crippen molar-refractivity contribution < 1.29 is 0 Å². The standard InChI is InChI=1S/C8H12S/c1-2-9-8-6-4-3-5-7-8/h4,6-7H,2-3,5H2,1H3. The van der Waals surface area contributed by atoms with Gasteiger partial charge in [0.25, 0.3) is 0 Å². The van der Waals surface area contributed by atoms with Gasteiger partial charge in [-0.2, -0.15) is 0 Å². The van der Waals surface area contributed by atoms with Crippen molar-refractivity contribution in [1.82, 2.24) is 0 Å². The van der Waals surface area contributed by atoms with Crippen molar-refractivity contribution in [3.8, 4) is 0 Å². The van der Waals surface area contributed by atoms with Crippen LogP contribution < -0.4 is 0 Å². The molecule has 1 heteroatoms. The topological polar surface area (TPSA) is 0 Å². The SMILES string of the molecule is CCSC1=CCCC=C1. The molecule has 0 unspecified atom stereocenters. The van der Waals surface area contributed by atoms with E-state index < -0.39 is 0 Å². The summed E-state index contributed by atoms with van der Waals surface area (Å²) in [5.41, 5.74) is 0. The van der Waals surface area contributed by atoms with Crippen molar-refractivity contribution >= 4 is 11.8 Å². The van der Waals surface area contributed by atoms with Crippen LogP contribution in [0.5, 0.6) is 0 Å². The Balaban J connectivity index is 2.38. The summed E-state index contributed by atoms with van der Waals surface area (Å²) in [4.78, 5) is 1.45. The third kappa shape index (κ3) is 2.27. The second kappa shape index (κ2) is 3.78. The van der Waals surface area contributed by atoms with E-state index in [9.17, 15) is 0 Å². The van der Waals surface area contributed by atoms with E-state index in [0.29, 0.717) is 0 Å². The van der Waals surface area contributed by atoms with Crippen LogP contribution in [0.4, 0.5) is 0 Å². The first-order valence-corrected chi connectivity index (χ1v) is 4.41. The zero-order valence-corrected chi connectivity index (χ0v) is 6.58. The minimum Gasteiger partial charge on any atom is -0.127 e. The van der Waals surface area contributed by atoms with Gasteiger partial charge in [-0.15, -0.1) is 11.8 Å². The lowest BCUT2D eigenvalue weighted by Gasteiger charge is -2.02. The highest BCUT2D eigenvalue weighted by atomic mass is 32.2. The molecule has 9 heavy (non-hydrogen) atoms. The lowest BCUT2D eigenvalue weighted by atomic mass is 10.2. The molecule has 0 atom stereocenters. The van der Waals surface area contributed by atoms with E-state index >= 15 is 0 Å². The van der Waals surface area contributed by atoms with Gasteiger partial charge in [-0.05, 0) is 18.6 Å². The van der Waals surface area contributed by atoms with Crippen molar-refractivity contribution in [3.05, 3.63) is 23.1 Å². The van der Waals surface area contributed by atoms with Gasteiger partial charge in [-0.25, -0.2) is 0 Å². The van der Waals surface area contributed by atoms with Gasteiger partial charge in [0, 0.05) is 4.91 Å². The first-order chi connectivity index (χ1) is 4.43. The quantitative estimate of drug-likeness (QED) is 0.568. The summed E-state index contributed by atoms with van der Waals surface area (Å²) in [5.74, 6) is 1.19. The van der Waals surface area contributed by atoms with E-state index in [1.165, 1.54) is 23.5 Å². The molecule has 0 aromatic carbocycles. The van der Waals surface area contributed by atoms with Gasteiger partial charge >= 0.3 is 0 Å². The van der Waals surface area contributed by atoms with Gasteiger partial charge in [0.1, 0.15) is 0 Å². The largest absolute Gasteiger partial charge is 0.127 e. The van der Waals surface area contributed by atoms with E-state index in [1.807, 2.05) is 11.8 Å². The Labute approximate surface area is 61.0 Å². The normalized spacial score (nSPS) is 17.7. The molecule has 0 saturated heterocycles. The lowest BCUT2D eigenvalue weighted by molar-refractivity contribution is 1.03. The van der Waals surface area contributed by atoms with Crippen molar-refractivity contribution in [2.45, 2.75) is 19.8 Å². The van der Waals surface area contributed by atoms with Crippen LogP contribution in [0.1, 0.15) is 19.8 Å². The van der Waals surface area contributed by atoms with Gasteiger partial charge < -0.3 is 0 Å². The smallest absolute Gasteiger partial charge is 0.00288 e. The van der Waals surface area contributed by atoms with Gasteiger partial charge in [0.15, 0.2) is 0 Å². The molecule has 0 saturated carbocycles. The highest BCUT2D eigenvalue weighted by molar-refractivity contribution is 8.03. The maximum atomic E-state index is 2.31. The van der Waals surface area contributed by atoms with Crippen LogP contribution in [0.25, 0.3) is 0 Å². The second-order valence-electron chi connectivity index (χ2n) is 2.02. The van der Waals surface area contributed by atoms with E-state index in [4.69, 9.17) is 0 Å². The van der Waals surface area contributed by atoms with Crippen LogP contribution >= 0.6 is 11.8 Å². The number of thioether (sulfide) groups is 1. The van der Waals surface area contributed by atoms with Crippen molar-refractivity contribution in [2.24, 2.45) is 0 Å². The lowest BCUT2D eigenvalue weighted by Crippen LogP contribution is -1.79. The maximum Gasteiger partial charge on any atom is 0.00288 e. The third-order valence-corrected chi connectivity index (χ3v) is 2.20. The first-order valence-electron chi connectivity index (χ1n) is 3.43. The Morgan fingerprint density at radius 3 is 3.00 bits per heavy atom. The molecule has 0 heterocycles. The van der Waals surface area contributed by atoms with E-state index in [0.717, 1.165) is 0 Å². The van der Waals surface area contributed by atoms with Gasteiger partial charge in [0.2, 0.25) is 0 Å². The Kier molecular flexibility index (Phi) is 2.92. The Morgan fingerprint density at radius 1 is 1.56 bits per heavy atom. The van der Waals surface area contributed by atoms with Crippen LogP contribution in [0.15, 0.2) is 23.1 Å². The van der Waals surface area contributed by atoms with Crippen molar-refractivity contribution in [2.75, 3.05) is 5.75 Å². The van der Waals surface area contributed by atoms with Crippen molar-refractivity contribution in [1.29, 1.82) is 0 Å². The molecular weight excluding hydrogens is 128 g/mol. The van der Waals surface area contributed by atoms with Gasteiger partial charge in [-0.1, -0.05) is 25.2 Å². The summed E-state index contributed by atoms with van der Waals surface area (Å²) in [6.45, 7) is 2.19. The molecule has 0 aliphatic heterocycles. The van der Waals surface area contributed by atoms with Crippen LogP contribution in [-0.2, 0) is 0 Å². The van der Waals surface area contributed by atoms with Crippen LogP contribution in [0.3, 0.4) is 0 Å². The number of rotatable bonds is 2. The van der Waals surface area contributed by atoms with E-state index in [2.05, 4.69) is 25.2 Å². The molecule has 0 bridgehead atoms. The maximum absolute atomic E-state index is 2.31. The number of allylic oxidation sites excluding steroid dienone is 3. The fourth-order valence-corrected chi connectivity index (χ4v) is 1.62. The van der Waals surface area contributed by atoms with Crippen molar-refractivity contribution in [3.63, 3.8) is 0 Å². The zero-order valence-electron chi connectivity index (χ0n) is 5.76. The molecule has 0 spiro atoms. The highest BCUT2D eigenvalue weighted by Gasteiger charge is 1.94. The molecule has 1 aliphatic rings. The van der Waals surface area contributed by atoms with Crippen LogP contribution in [0.2, 0.25) is 0 Å². The fraction of sp³-hybridized carbons (Fsp3) is 0.500. The number of hydrogen-bond donors (Lipinski definition) is 0. The minimum absolute atomic E-state index is 1.19. The third-order valence-electron chi connectivity index (χ3n) is 1.27. The summed E-state index contributed by atoms with van der Waals surface area (Å²) in [6, 6.07) is 0. The molecule has 0 amide bonds. The Morgan fingerprint density at radius 2 is 2.44 bits per heavy atom. The summed E-state index contributed by atoms with van der Waals surface area (Å²) < 4.78 is 0. The summed E-state index contributed by atoms with van der Waals surface area (Å²) in [6.07, 6.45) is 9.25. The Hall–Kier alpha value is -0.170. The predicted molar refractivity (Wildman–Crippen MR) is 44.6 cm³/mol. The van der Waals surface area contributed by atoms with E-state index in [-0.39, 0.29) is 0 Å². The molecular formula is C8H12S. The molecule has 0 radical (unpaired) electrons. The zero-order chi connectivity index (χ0) is 6.53. The fourth-order valence-electron chi connectivity index (χ4n) is 0.863. The summed E-state index contributed by atoms with van der Waals surface area (Å²) in [7, 11) is 0. The van der Waals surface area contributed by atoms with Crippen LogP contribution in [-0.4, -0.2) is 5.75 Å².